The monoisotopic (exact) mass is 317 g/mol. The number of hydrogen-bond donors (Lipinski definition) is 1. The van der Waals surface area contributed by atoms with Gasteiger partial charge in [0.1, 0.15) is 0 Å². The predicted octanol–water partition coefficient (Wildman–Crippen LogP) is 4.03. The smallest absolute Gasteiger partial charge is 0.367 e. The van der Waals surface area contributed by atoms with Crippen LogP contribution in [0.15, 0.2) is 41.1 Å². The van der Waals surface area contributed by atoms with Crippen LogP contribution in [0.3, 0.4) is 0 Å². The van der Waals surface area contributed by atoms with E-state index in [0.717, 1.165) is 12.1 Å². The molecule has 0 aliphatic carbocycles. The van der Waals surface area contributed by atoms with E-state index in [1.54, 1.807) is 0 Å². The van der Waals surface area contributed by atoms with Crippen LogP contribution >= 0.6 is 15.9 Å². The molecular formula is C12H7BrF3NO. The van der Waals surface area contributed by atoms with Crippen LogP contribution in [-0.4, -0.2) is 10.8 Å². The SMILES string of the molecule is O=C(c1cc[nH]c1)c1cc(C(F)(F)F)ccc1Br. The van der Waals surface area contributed by atoms with E-state index >= 15 is 0 Å². The number of ketones is 1. The predicted molar refractivity (Wildman–Crippen MR) is 63.4 cm³/mol. The molecule has 0 saturated heterocycles. The van der Waals surface area contributed by atoms with E-state index in [4.69, 9.17) is 0 Å². The molecule has 0 unspecified atom stereocenters. The second-order valence-electron chi connectivity index (χ2n) is 3.62. The topological polar surface area (TPSA) is 32.9 Å². The second kappa shape index (κ2) is 4.61. The number of carbonyl (C=O) groups is 1. The molecule has 1 aromatic carbocycles. The molecule has 0 bridgehead atoms. The number of benzene rings is 1. The number of nitrogens with one attached hydrogen (secondary N) is 1. The minimum Gasteiger partial charge on any atom is -0.367 e. The van der Waals surface area contributed by atoms with Gasteiger partial charge in [-0.25, -0.2) is 0 Å². The van der Waals surface area contributed by atoms with Gasteiger partial charge in [-0.1, -0.05) is 15.9 Å². The highest BCUT2D eigenvalue weighted by Gasteiger charge is 2.31. The summed E-state index contributed by atoms with van der Waals surface area (Å²) in [6, 6.07) is 4.51. The standard InChI is InChI=1S/C12H7BrF3NO/c13-10-2-1-8(12(14,15)16)5-9(10)11(18)7-3-4-17-6-7/h1-6,17H. The van der Waals surface area contributed by atoms with Crippen molar-refractivity contribution in [1.82, 2.24) is 4.98 Å². The van der Waals surface area contributed by atoms with Crippen molar-refractivity contribution < 1.29 is 18.0 Å². The van der Waals surface area contributed by atoms with Gasteiger partial charge in [0.25, 0.3) is 0 Å². The fraction of sp³-hybridized carbons (Fsp3) is 0.0833. The highest BCUT2D eigenvalue weighted by atomic mass is 79.9. The molecule has 1 aromatic heterocycles. The van der Waals surface area contributed by atoms with Crippen molar-refractivity contribution in [3.63, 3.8) is 0 Å². The lowest BCUT2D eigenvalue weighted by molar-refractivity contribution is -0.137. The van der Waals surface area contributed by atoms with E-state index in [2.05, 4.69) is 20.9 Å². The van der Waals surface area contributed by atoms with Crippen molar-refractivity contribution in [2.24, 2.45) is 0 Å². The van der Waals surface area contributed by atoms with Crippen molar-refractivity contribution in [1.29, 1.82) is 0 Å². The van der Waals surface area contributed by atoms with Gasteiger partial charge >= 0.3 is 6.18 Å². The van der Waals surface area contributed by atoms with E-state index < -0.39 is 17.5 Å². The van der Waals surface area contributed by atoms with Crippen LogP contribution in [0, 0.1) is 0 Å². The van der Waals surface area contributed by atoms with E-state index in [0.29, 0.717) is 10.0 Å². The summed E-state index contributed by atoms with van der Waals surface area (Å²) < 4.78 is 38.1. The molecule has 2 aromatic rings. The maximum atomic E-state index is 12.6. The Morgan fingerprint density at radius 1 is 1.22 bits per heavy atom. The van der Waals surface area contributed by atoms with Crippen molar-refractivity contribution in [2.75, 3.05) is 0 Å². The van der Waals surface area contributed by atoms with Crippen LogP contribution in [0.4, 0.5) is 13.2 Å². The Labute approximate surface area is 109 Å². The van der Waals surface area contributed by atoms with Crippen molar-refractivity contribution in [3.05, 3.63) is 57.8 Å². The third-order valence-corrected chi connectivity index (χ3v) is 3.09. The highest BCUT2D eigenvalue weighted by molar-refractivity contribution is 9.10. The number of rotatable bonds is 2. The van der Waals surface area contributed by atoms with Gasteiger partial charge in [-0.3, -0.25) is 4.79 Å². The number of alkyl halides is 3. The fourth-order valence-corrected chi connectivity index (χ4v) is 1.92. The quantitative estimate of drug-likeness (QED) is 0.833. The molecule has 2 rings (SSSR count). The Morgan fingerprint density at radius 2 is 1.94 bits per heavy atom. The lowest BCUT2D eigenvalue weighted by atomic mass is 10.0. The Bertz CT molecular complexity index is 576. The summed E-state index contributed by atoms with van der Waals surface area (Å²) in [5, 5.41) is 0. The van der Waals surface area contributed by atoms with Crippen molar-refractivity contribution in [3.8, 4) is 0 Å². The third kappa shape index (κ3) is 2.48. The molecule has 0 aliphatic rings. The Balaban J connectivity index is 2.48. The highest BCUT2D eigenvalue weighted by Crippen LogP contribution is 2.32. The minimum absolute atomic E-state index is 0.00979. The summed E-state index contributed by atoms with van der Waals surface area (Å²) >= 11 is 3.08. The van der Waals surface area contributed by atoms with Gasteiger partial charge in [-0.05, 0) is 24.3 Å². The first kappa shape index (κ1) is 12.9. The average Bonchev–Trinajstić information content (AvgIpc) is 2.80. The zero-order valence-electron chi connectivity index (χ0n) is 8.88. The molecule has 2 nitrogen and oxygen atoms in total. The molecule has 94 valence electrons. The molecule has 0 amide bonds. The molecule has 0 saturated carbocycles. The molecule has 0 atom stereocenters. The van der Waals surface area contributed by atoms with Gasteiger partial charge in [-0.2, -0.15) is 13.2 Å². The molecule has 0 radical (unpaired) electrons. The van der Waals surface area contributed by atoms with Gasteiger partial charge in [0.05, 0.1) is 5.56 Å². The van der Waals surface area contributed by atoms with Crippen LogP contribution in [0.1, 0.15) is 21.5 Å². The Morgan fingerprint density at radius 3 is 2.50 bits per heavy atom. The van der Waals surface area contributed by atoms with Crippen LogP contribution in [0.2, 0.25) is 0 Å². The van der Waals surface area contributed by atoms with Crippen molar-refractivity contribution >= 4 is 21.7 Å². The molecule has 18 heavy (non-hydrogen) atoms. The number of aromatic amines is 1. The van der Waals surface area contributed by atoms with Gasteiger partial charge < -0.3 is 4.98 Å². The largest absolute Gasteiger partial charge is 0.416 e. The summed E-state index contributed by atoms with van der Waals surface area (Å²) in [6.45, 7) is 0. The number of halogens is 4. The summed E-state index contributed by atoms with van der Waals surface area (Å²) in [4.78, 5) is 14.7. The summed E-state index contributed by atoms with van der Waals surface area (Å²) in [5.41, 5.74) is -0.538. The summed E-state index contributed by atoms with van der Waals surface area (Å²) in [5.74, 6) is -0.464. The number of hydrogen-bond acceptors (Lipinski definition) is 1. The molecule has 1 N–H and O–H groups in total. The molecule has 0 aliphatic heterocycles. The van der Waals surface area contributed by atoms with Crippen LogP contribution in [-0.2, 0) is 6.18 Å². The summed E-state index contributed by atoms with van der Waals surface area (Å²) in [6.07, 6.45) is -1.49. The maximum Gasteiger partial charge on any atom is 0.416 e. The molecule has 0 spiro atoms. The molecule has 0 fully saturated rings. The van der Waals surface area contributed by atoms with E-state index in [9.17, 15) is 18.0 Å². The first-order valence-corrected chi connectivity index (χ1v) is 5.73. The maximum absolute atomic E-state index is 12.6. The fourth-order valence-electron chi connectivity index (χ4n) is 1.50. The minimum atomic E-state index is -4.46. The van der Waals surface area contributed by atoms with Gasteiger partial charge in [-0.15, -0.1) is 0 Å². The Hall–Kier alpha value is -1.56. The Kier molecular flexibility index (Phi) is 3.30. The zero-order chi connectivity index (χ0) is 13.3. The first-order valence-electron chi connectivity index (χ1n) is 4.94. The van der Waals surface area contributed by atoms with Crippen LogP contribution in [0.5, 0.6) is 0 Å². The molecule has 1 heterocycles. The normalized spacial score (nSPS) is 11.6. The lowest BCUT2D eigenvalue weighted by Gasteiger charge is -2.09. The van der Waals surface area contributed by atoms with Crippen LogP contribution in [0.25, 0.3) is 0 Å². The van der Waals surface area contributed by atoms with E-state index in [1.165, 1.54) is 24.5 Å². The molecular weight excluding hydrogens is 311 g/mol. The third-order valence-electron chi connectivity index (χ3n) is 2.40. The number of H-pyrrole nitrogens is 1. The van der Waals surface area contributed by atoms with Crippen LogP contribution < -0.4 is 0 Å². The second-order valence-corrected chi connectivity index (χ2v) is 4.48. The number of aromatic nitrogens is 1. The zero-order valence-corrected chi connectivity index (χ0v) is 10.5. The van der Waals surface area contributed by atoms with E-state index in [1.807, 2.05) is 0 Å². The van der Waals surface area contributed by atoms with Gasteiger partial charge in [0.15, 0.2) is 5.78 Å². The van der Waals surface area contributed by atoms with Gasteiger partial charge in [0, 0.05) is 28.0 Å². The van der Waals surface area contributed by atoms with Gasteiger partial charge in [0.2, 0.25) is 0 Å². The molecule has 6 heteroatoms. The first-order chi connectivity index (χ1) is 8.39. The van der Waals surface area contributed by atoms with Crippen molar-refractivity contribution in [2.45, 2.75) is 6.18 Å². The van der Waals surface area contributed by atoms with E-state index in [-0.39, 0.29) is 5.56 Å². The number of carbonyl (C=O) groups excluding carboxylic acids is 1. The average molecular weight is 318 g/mol. The lowest BCUT2D eigenvalue weighted by Crippen LogP contribution is -2.08. The summed E-state index contributed by atoms with van der Waals surface area (Å²) in [7, 11) is 0.